The fourth-order valence-electron chi connectivity index (χ4n) is 1.65. The number of amides is 2. The van der Waals surface area contributed by atoms with Gasteiger partial charge in [-0.25, -0.2) is 0 Å². The van der Waals surface area contributed by atoms with E-state index in [1.807, 2.05) is 31.2 Å². The summed E-state index contributed by atoms with van der Waals surface area (Å²) < 4.78 is 0. The second kappa shape index (κ2) is 6.89. The number of rotatable bonds is 5. The van der Waals surface area contributed by atoms with Crippen molar-refractivity contribution in [2.45, 2.75) is 26.4 Å². The molecule has 0 saturated heterocycles. The summed E-state index contributed by atoms with van der Waals surface area (Å²) in [6.07, 6.45) is 0. The van der Waals surface area contributed by atoms with Gasteiger partial charge in [-0.15, -0.1) is 0 Å². The molecule has 0 radical (unpaired) electrons. The zero-order valence-corrected chi connectivity index (χ0v) is 11.9. The third kappa shape index (κ3) is 5.09. The predicted octanol–water partition coefficient (Wildman–Crippen LogP) is 1.21. The Morgan fingerprint density at radius 1 is 1.21 bits per heavy atom. The van der Waals surface area contributed by atoms with Crippen molar-refractivity contribution in [3.05, 3.63) is 29.8 Å². The molecule has 19 heavy (non-hydrogen) atoms. The van der Waals surface area contributed by atoms with Gasteiger partial charge in [-0.2, -0.15) is 0 Å². The molecule has 0 saturated carbocycles. The normalized spacial score (nSPS) is 11.8. The molecule has 0 spiro atoms. The van der Waals surface area contributed by atoms with Crippen LogP contribution in [0.4, 0.5) is 5.69 Å². The number of likely N-dealkylation sites (N-methyl/N-ethyl adjacent to an activating group) is 1. The van der Waals surface area contributed by atoms with E-state index in [4.69, 9.17) is 0 Å². The SMILES string of the molecule is CC(=O)Nc1ccc(CNC(C)C(=O)N(C)C)cc1. The van der Waals surface area contributed by atoms with E-state index in [9.17, 15) is 9.59 Å². The second-order valence-electron chi connectivity index (χ2n) is 4.71. The number of hydrogen-bond donors (Lipinski definition) is 2. The maximum absolute atomic E-state index is 11.7. The Morgan fingerprint density at radius 3 is 2.26 bits per heavy atom. The molecular formula is C14H21N3O2. The molecule has 1 aromatic rings. The molecule has 0 heterocycles. The number of carbonyl (C=O) groups excluding carboxylic acids is 2. The fraction of sp³-hybridized carbons (Fsp3) is 0.429. The fourth-order valence-corrected chi connectivity index (χ4v) is 1.65. The van der Waals surface area contributed by atoms with E-state index in [-0.39, 0.29) is 17.9 Å². The average molecular weight is 263 g/mol. The van der Waals surface area contributed by atoms with Gasteiger partial charge in [0.15, 0.2) is 0 Å². The molecule has 104 valence electrons. The van der Waals surface area contributed by atoms with Crippen molar-refractivity contribution in [1.29, 1.82) is 0 Å². The van der Waals surface area contributed by atoms with Crippen molar-refractivity contribution >= 4 is 17.5 Å². The van der Waals surface area contributed by atoms with Gasteiger partial charge in [-0.1, -0.05) is 12.1 Å². The second-order valence-corrected chi connectivity index (χ2v) is 4.71. The first-order chi connectivity index (χ1) is 8.90. The number of benzene rings is 1. The summed E-state index contributed by atoms with van der Waals surface area (Å²) in [5.74, 6) is -0.0362. The lowest BCUT2D eigenvalue weighted by molar-refractivity contribution is -0.130. The number of carbonyl (C=O) groups is 2. The summed E-state index contributed by atoms with van der Waals surface area (Å²) >= 11 is 0. The molecule has 0 bridgehead atoms. The van der Waals surface area contributed by atoms with Crippen molar-refractivity contribution in [3.8, 4) is 0 Å². The third-order valence-electron chi connectivity index (χ3n) is 2.70. The van der Waals surface area contributed by atoms with Crippen LogP contribution in [0.25, 0.3) is 0 Å². The summed E-state index contributed by atoms with van der Waals surface area (Å²) in [7, 11) is 3.48. The Bertz CT molecular complexity index is 441. The molecule has 1 rings (SSSR count). The smallest absolute Gasteiger partial charge is 0.238 e. The van der Waals surface area contributed by atoms with Gasteiger partial charge in [0, 0.05) is 33.3 Å². The topological polar surface area (TPSA) is 61.4 Å². The number of hydrogen-bond acceptors (Lipinski definition) is 3. The van der Waals surface area contributed by atoms with Gasteiger partial charge in [0.2, 0.25) is 11.8 Å². The van der Waals surface area contributed by atoms with Crippen LogP contribution in [0.2, 0.25) is 0 Å². The summed E-state index contributed by atoms with van der Waals surface area (Å²) in [4.78, 5) is 24.1. The highest BCUT2D eigenvalue weighted by atomic mass is 16.2. The minimum absolute atomic E-state index is 0.0508. The Kier molecular flexibility index (Phi) is 5.51. The van der Waals surface area contributed by atoms with E-state index in [1.165, 1.54) is 6.92 Å². The lowest BCUT2D eigenvalue weighted by atomic mass is 10.2. The van der Waals surface area contributed by atoms with Crippen molar-refractivity contribution in [2.75, 3.05) is 19.4 Å². The van der Waals surface area contributed by atoms with Gasteiger partial charge in [0.25, 0.3) is 0 Å². The standard InChI is InChI=1S/C14H21N3O2/c1-10(14(19)17(3)4)15-9-12-5-7-13(8-6-12)16-11(2)18/h5-8,10,15H,9H2,1-4H3,(H,16,18). The van der Waals surface area contributed by atoms with Gasteiger partial charge in [0.1, 0.15) is 0 Å². The van der Waals surface area contributed by atoms with Gasteiger partial charge in [0.05, 0.1) is 6.04 Å². The molecule has 0 aliphatic rings. The highest BCUT2D eigenvalue weighted by Crippen LogP contribution is 2.09. The molecule has 5 heteroatoms. The maximum Gasteiger partial charge on any atom is 0.238 e. The van der Waals surface area contributed by atoms with E-state index < -0.39 is 0 Å². The van der Waals surface area contributed by atoms with E-state index in [0.29, 0.717) is 6.54 Å². The highest BCUT2D eigenvalue weighted by Gasteiger charge is 2.13. The van der Waals surface area contributed by atoms with E-state index in [2.05, 4.69) is 10.6 Å². The van der Waals surface area contributed by atoms with Gasteiger partial charge in [-0.3, -0.25) is 9.59 Å². The largest absolute Gasteiger partial charge is 0.347 e. The Morgan fingerprint density at radius 2 is 1.79 bits per heavy atom. The first kappa shape index (κ1) is 15.2. The van der Waals surface area contributed by atoms with Crippen LogP contribution in [-0.2, 0) is 16.1 Å². The molecule has 0 fully saturated rings. The summed E-state index contributed by atoms with van der Waals surface area (Å²) in [5, 5.41) is 5.87. The average Bonchev–Trinajstić information content (AvgIpc) is 2.35. The van der Waals surface area contributed by atoms with Crippen LogP contribution in [0.15, 0.2) is 24.3 Å². The zero-order valence-electron chi connectivity index (χ0n) is 11.9. The molecule has 2 amide bonds. The van der Waals surface area contributed by atoms with Crippen LogP contribution < -0.4 is 10.6 Å². The van der Waals surface area contributed by atoms with E-state index in [1.54, 1.807) is 19.0 Å². The summed E-state index contributed by atoms with van der Waals surface area (Å²) in [6.45, 7) is 3.93. The molecule has 0 aliphatic carbocycles. The maximum atomic E-state index is 11.7. The lowest BCUT2D eigenvalue weighted by Gasteiger charge is -2.18. The Hall–Kier alpha value is -1.88. The van der Waals surface area contributed by atoms with Crippen molar-refractivity contribution in [2.24, 2.45) is 0 Å². The molecule has 0 aromatic heterocycles. The Labute approximate surface area is 114 Å². The van der Waals surface area contributed by atoms with E-state index in [0.717, 1.165) is 11.3 Å². The first-order valence-electron chi connectivity index (χ1n) is 6.21. The third-order valence-corrected chi connectivity index (χ3v) is 2.70. The zero-order chi connectivity index (χ0) is 14.4. The molecular weight excluding hydrogens is 242 g/mol. The van der Waals surface area contributed by atoms with Gasteiger partial charge < -0.3 is 15.5 Å². The summed E-state index contributed by atoms with van der Waals surface area (Å²) in [6, 6.07) is 7.31. The van der Waals surface area contributed by atoms with Crippen LogP contribution in [0.5, 0.6) is 0 Å². The highest BCUT2D eigenvalue weighted by molar-refractivity contribution is 5.88. The number of nitrogens with one attached hydrogen (secondary N) is 2. The number of anilines is 1. The number of nitrogens with zero attached hydrogens (tertiary/aromatic N) is 1. The predicted molar refractivity (Wildman–Crippen MR) is 75.7 cm³/mol. The van der Waals surface area contributed by atoms with Crippen LogP contribution >= 0.6 is 0 Å². The first-order valence-corrected chi connectivity index (χ1v) is 6.21. The molecule has 1 unspecified atom stereocenters. The van der Waals surface area contributed by atoms with Crippen LogP contribution in [-0.4, -0.2) is 36.9 Å². The quantitative estimate of drug-likeness (QED) is 0.839. The molecule has 2 N–H and O–H groups in total. The monoisotopic (exact) mass is 263 g/mol. The minimum Gasteiger partial charge on any atom is -0.347 e. The van der Waals surface area contributed by atoms with Gasteiger partial charge in [-0.05, 0) is 24.6 Å². The molecule has 1 atom stereocenters. The van der Waals surface area contributed by atoms with Crippen molar-refractivity contribution in [1.82, 2.24) is 10.2 Å². The van der Waals surface area contributed by atoms with Crippen LogP contribution in [0.1, 0.15) is 19.4 Å². The van der Waals surface area contributed by atoms with Crippen molar-refractivity contribution < 1.29 is 9.59 Å². The molecule has 1 aromatic carbocycles. The minimum atomic E-state index is -0.218. The Balaban J connectivity index is 2.50. The van der Waals surface area contributed by atoms with Gasteiger partial charge >= 0.3 is 0 Å². The van der Waals surface area contributed by atoms with Crippen molar-refractivity contribution in [3.63, 3.8) is 0 Å². The lowest BCUT2D eigenvalue weighted by Crippen LogP contribution is -2.41. The molecule has 5 nitrogen and oxygen atoms in total. The van der Waals surface area contributed by atoms with E-state index >= 15 is 0 Å². The summed E-state index contributed by atoms with van der Waals surface area (Å²) in [5.41, 5.74) is 1.83. The van der Waals surface area contributed by atoms with Crippen LogP contribution in [0.3, 0.4) is 0 Å². The van der Waals surface area contributed by atoms with Crippen LogP contribution in [0, 0.1) is 0 Å². The molecule has 0 aliphatic heterocycles.